The average molecular weight is 348 g/mol. The van der Waals surface area contributed by atoms with E-state index in [1.165, 1.54) is 4.70 Å². The lowest BCUT2D eigenvalue weighted by Crippen LogP contribution is -2.30. The summed E-state index contributed by atoms with van der Waals surface area (Å²) >= 11 is 1.69. The van der Waals surface area contributed by atoms with Crippen LogP contribution in [0.3, 0.4) is 0 Å². The van der Waals surface area contributed by atoms with Crippen LogP contribution in [-0.4, -0.2) is 32.5 Å². The van der Waals surface area contributed by atoms with E-state index >= 15 is 0 Å². The fourth-order valence-corrected chi connectivity index (χ4v) is 4.72. The van der Waals surface area contributed by atoms with Gasteiger partial charge in [-0.25, -0.2) is 4.98 Å². The molecule has 4 aromatic rings. The number of fused-ring (bicyclic) bond motifs is 2. The molecule has 1 saturated heterocycles. The van der Waals surface area contributed by atoms with Crippen molar-refractivity contribution in [3.05, 3.63) is 59.2 Å². The second kappa shape index (κ2) is 5.67. The third-order valence-electron chi connectivity index (χ3n) is 4.82. The standard InChI is InChI=1S/C19H16N4OS/c24-19(13-6-3-5-12-11-20-22-17(12)13)23-10-4-8-15(23)18-21-14-7-1-2-9-16(14)25-18/h1-3,5-7,9,11,15H,4,8,10H2,(H,20,22)/t15-/m1/s1. The largest absolute Gasteiger partial charge is 0.329 e. The number of benzene rings is 2. The van der Waals surface area contributed by atoms with Crippen LogP contribution in [0.5, 0.6) is 0 Å². The predicted molar refractivity (Wildman–Crippen MR) is 98.7 cm³/mol. The normalized spacial score (nSPS) is 17.6. The molecule has 1 aliphatic heterocycles. The summed E-state index contributed by atoms with van der Waals surface area (Å²) in [5.41, 5.74) is 2.50. The summed E-state index contributed by atoms with van der Waals surface area (Å²) in [6.07, 6.45) is 3.72. The van der Waals surface area contributed by atoms with Crippen molar-refractivity contribution >= 4 is 38.4 Å². The highest BCUT2D eigenvalue weighted by Crippen LogP contribution is 2.37. The molecule has 2 aromatic heterocycles. The van der Waals surface area contributed by atoms with Gasteiger partial charge in [0.1, 0.15) is 5.01 Å². The number of H-pyrrole nitrogens is 1. The fourth-order valence-electron chi connectivity index (χ4n) is 3.60. The van der Waals surface area contributed by atoms with E-state index in [-0.39, 0.29) is 11.9 Å². The number of thiazole rings is 1. The van der Waals surface area contributed by atoms with Gasteiger partial charge >= 0.3 is 0 Å². The Morgan fingerprint density at radius 3 is 3.04 bits per heavy atom. The third kappa shape index (κ3) is 2.33. The summed E-state index contributed by atoms with van der Waals surface area (Å²) in [5.74, 6) is 0.0524. The van der Waals surface area contributed by atoms with E-state index in [2.05, 4.69) is 16.3 Å². The Kier molecular flexibility index (Phi) is 3.31. The van der Waals surface area contributed by atoms with Crippen LogP contribution in [0.2, 0.25) is 0 Å². The molecule has 2 aromatic carbocycles. The van der Waals surface area contributed by atoms with E-state index in [1.54, 1.807) is 17.5 Å². The zero-order chi connectivity index (χ0) is 16.8. The van der Waals surface area contributed by atoms with Gasteiger partial charge in [0.2, 0.25) is 0 Å². The summed E-state index contributed by atoms with van der Waals surface area (Å²) in [7, 11) is 0. The van der Waals surface area contributed by atoms with Crippen LogP contribution in [-0.2, 0) is 0 Å². The smallest absolute Gasteiger partial charge is 0.256 e. The monoisotopic (exact) mass is 348 g/mol. The lowest BCUT2D eigenvalue weighted by molar-refractivity contribution is 0.0737. The van der Waals surface area contributed by atoms with Gasteiger partial charge in [-0.3, -0.25) is 9.89 Å². The van der Waals surface area contributed by atoms with Gasteiger partial charge in [0.25, 0.3) is 5.91 Å². The molecule has 3 heterocycles. The molecule has 5 nitrogen and oxygen atoms in total. The van der Waals surface area contributed by atoms with Crippen molar-refractivity contribution < 1.29 is 4.79 Å². The van der Waals surface area contributed by atoms with Crippen molar-refractivity contribution in [2.75, 3.05) is 6.54 Å². The van der Waals surface area contributed by atoms with Gasteiger partial charge in [-0.15, -0.1) is 11.3 Å². The van der Waals surface area contributed by atoms with Crippen molar-refractivity contribution in [1.29, 1.82) is 0 Å². The molecule has 1 fully saturated rings. The molecular formula is C19H16N4OS. The van der Waals surface area contributed by atoms with Crippen LogP contribution in [0.4, 0.5) is 0 Å². The quantitative estimate of drug-likeness (QED) is 0.592. The molecule has 1 N–H and O–H groups in total. The van der Waals surface area contributed by atoms with E-state index in [0.717, 1.165) is 40.8 Å². The van der Waals surface area contributed by atoms with E-state index in [4.69, 9.17) is 4.98 Å². The first-order valence-electron chi connectivity index (χ1n) is 8.40. The highest BCUT2D eigenvalue weighted by atomic mass is 32.1. The second-order valence-corrected chi connectivity index (χ2v) is 7.38. The van der Waals surface area contributed by atoms with Crippen LogP contribution in [0.1, 0.15) is 34.2 Å². The topological polar surface area (TPSA) is 61.9 Å². The van der Waals surface area contributed by atoms with Crippen molar-refractivity contribution in [2.24, 2.45) is 0 Å². The number of hydrogen-bond donors (Lipinski definition) is 1. The van der Waals surface area contributed by atoms with Crippen LogP contribution in [0, 0.1) is 0 Å². The maximum absolute atomic E-state index is 13.2. The Bertz CT molecular complexity index is 1050. The lowest BCUT2D eigenvalue weighted by atomic mass is 10.1. The number of nitrogens with zero attached hydrogens (tertiary/aromatic N) is 3. The second-order valence-electron chi connectivity index (χ2n) is 6.32. The molecule has 0 spiro atoms. The third-order valence-corrected chi connectivity index (χ3v) is 5.95. The molecule has 1 aliphatic rings. The molecule has 0 unspecified atom stereocenters. The van der Waals surface area contributed by atoms with Gasteiger partial charge < -0.3 is 4.90 Å². The predicted octanol–water partition coefficient (Wildman–Crippen LogP) is 4.15. The molecule has 0 bridgehead atoms. The summed E-state index contributed by atoms with van der Waals surface area (Å²) < 4.78 is 1.17. The fraction of sp³-hybridized carbons (Fsp3) is 0.211. The van der Waals surface area contributed by atoms with E-state index in [0.29, 0.717) is 5.56 Å². The molecular weight excluding hydrogens is 332 g/mol. The highest BCUT2D eigenvalue weighted by molar-refractivity contribution is 7.18. The molecule has 1 amide bonds. The lowest BCUT2D eigenvalue weighted by Gasteiger charge is -2.23. The van der Waals surface area contributed by atoms with Crippen molar-refractivity contribution in [3.63, 3.8) is 0 Å². The van der Waals surface area contributed by atoms with Crippen LogP contribution < -0.4 is 0 Å². The van der Waals surface area contributed by atoms with Crippen molar-refractivity contribution in [2.45, 2.75) is 18.9 Å². The van der Waals surface area contributed by atoms with Crippen molar-refractivity contribution in [1.82, 2.24) is 20.1 Å². The molecule has 6 heteroatoms. The number of rotatable bonds is 2. The van der Waals surface area contributed by atoms with E-state index in [9.17, 15) is 4.79 Å². The van der Waals surface area contributed by atoms with Crippen molar-refractivity contribution in [3.8, 4) is 0 Å². The number of carbonyl (C=O) groups is 1. The number of carbonyl (C=O) groups excluding carboxylic acids is 1. The molecule has 124 valence electrons. The molecule has 25 heavy (non-hydrogen) atoms. The zero-order valence-corrected chi connectivity index (χ0v) is 14.3. The average Bonchev–Trinajstić information content (AvgIpc) is 3.37. The molecule has 0 aliphatic carbocycles. The summed E-state index contributed by atoms with van der Waals surface area (Å²) in [4.78, 5) is 20.0. The first-order valence-corrected chi connectivity index (χ1v) is 9.21. The molecule has 0 saturated carbocycles. The Morgan fingerprint density at radius 1 is 1.20 bits per heavy atom. The Balaban J connectivity index is 1.54. The van der Waals surface area contributed by atoms with Gasteiger partial charge in [0.15, 0.2) is 0 Å². The van der Waals surface area contributed by atoms with Gasteiger partial charge in [0.05, 0.1) is 33.5 Å². The number of aromatic nitrogens is 3. The molecule has 5 rings (SSSR count). The maximum Gasteiger partial charge on any atom is 0.256 e. The van der Waals surface area contributed by atoms with E-state index < -0.39 is 0 Å². The highest BCUT2D eigenvalue weighted by Gasteiger charge is 2.33. The van der Waals surface area contributed by atoms with Crippen LogP contribution in [0.25, 0.3) is 21.1 Å². The molecule has 0 radical (unpaired) electrons. The van der Waals surface area contributed by atoms with Gasteiger partial charge in [0, 0.05) is 11.9 Å². The minimum absolute atomic E-state index is 0.0524. The maximum atomic E-state index is 13.2. The summed E-state index contributed by atoms with van der Waals surface area (Å²) in [5, 5.41) is 9.02. The van der Waals surface area contributed by atoms with Crippen LogP contribution in [0.15, 0.2) is 48.7 Å². The number of nitrogens with one attached hydrogen (secondary N) is 1. The number of hydrogen-bond acceptors (Lipinski definition) is 4. The Labute approximate surface area is 148 Å². The molecule has 1 atom stereocenters. The van der Waals surface area contributed by atoms with Gasteiger partial charge in [-0.2, -0.15) is 5.10 Å². The first-order chi connectivity index (χ1) is 12.3. The summed E-state index contributed by atoms with van der Waals surface area (Å²) in [6, 6.07) is 14.0. The Morgan fingerprint density at radius 2 is 2.12 bits per heavy atom. The zero-order valence-electron chi connectivity index (χ0n) is 13.5. The first kappa shape index (κ1) is 14.6. The van der Waals surface area contributed by atoms with Crippen LogP contribution >= 0.6 is 11.3 Å². The minimum atomic E-state index is 0.0524. The van der Waals surface area contributed by atoms with Gasteiger partial charge in [-0.05, 0) is 31.0 Å². The SMILES string of the molecule is O=C(c1cccc2cn[nH]c12)N1CCC[C@@H]1c1nc2ccccc2s1. The Hall–Kier alpha value is -2.73. The number of amides is 1. The summed E-state index contributed by atoms with van der Waals surface area (Å²) in [6.45, 7) is 0.768. The van der Waals surface area contributed by atoms with Gasteiger partial charge in [-0.1, -0.05) is 24.3 Å². The number of para-hydroxylation sites is 2. The minimum Gasteiger partial charge on any atom is -0.329 e. The number of aromatic amines is 1. The van der Waals surface area contributed by atoms with E-state index in [1.807, 2.05) is 41.3 Å². The number of likely N-dealkylation sites (tertiary alicyclic amines) is 1.